The Morgan fingerprint density at radius 1 is 1.46 bits per heavy atom. The van der Waals surface area contributed by atoms with E-state index in [1.165, 1.54) is 0 Å². The van der Waals surface area contributed by atoms with E-state index in [0.29, 0.717) is 5.82 Å². The molecule has 1 heterocycles. The van der Waals surface area contributed by atoms with Gasteiger partial charge in [0.25, 0.3) is 14.2 Å². The van der Waals surface area contributed by atoms with Gasteiger partial charge in [0, 0.05) is 16.7 Å². The van der Waals surface area contributed by atoms with Gasteiger partial charge in [-0.1, -0.05) is 0 Å². The lowest BCUT2D eigenvalue weighted by Gasteiger charge is -2.02. The van der Waals surface area contributed by atoms with E-state index in [9.17, 15) is 8.42 Å². The molecule has 72 valence electrons. The third-order valence-corrected chi connectivity index (χ3v) is 3.09. The number of nitrogens with zero attached hydrogens (tertiary/aromatic N) is 3. The summed E-state index contributed by atoms with van der Waals surface area (Å²) in [6.07, 6.45) is 1.94. The fourth-order valence-corrected chi connectivity index (χ4v) is 2.24. The van der Waals surface area contributed by atoms with Gasteiger partial charge in [-0.05, 0) is 19.8 Å². The number of halogens is 1. The summed E-state index contributed by atoms with van der Waals surface area (Å²) in [6.45, 7) is 1.72. The summed E-state index contributed by atoms with van der Waals surface area (Å²) < 4.78 is 23.7. The highest BCUT2D eigenvalue weighted by Gasteiger charge is 2.32. The van der Waals surface area contributed by atoms with Crippen LogP contribution in [0.3, 0.4) is 0 Å². The summed E-state index contributed by atoms with van der Waals surface area (Å²) >= 11 is 0. The molecule has 0 N–H and O–H groups in total. The molecule has 2 rings (SSSR count). The first-order valence-corrected chi connectivity index (χ1v) is 6.17. The maximum Gasteiger partial charge on any atom is 0.296 e. The second kappa shape index (κ2) is 2.68. The molecule has 0 unspecified atom stereocenters. The predicted molar refractivity (Wildman–Crippen MR) is 46.1 cm³/mol. The summed E-state index contributed by atoms with van der Waals surface area (Å²) in [5, 5.41) is 7.10. The van der Waals surface area contributed by atoms with Crippen LogP contribution in [0.15, 0.2) is 5.16 Å². The van der Waals surface area contributed by atoms with Crippen molar-refractivity contribution < 1.29 is 8.42 Å². The molecule has 0 saturated heterocycles. The van der Waals surface area contributed by atoms with E-state index in [1.54, 1.807) is 11.5 Å². The van der Waals surface area contributed by atoms with Gasteiger partial charge < -0.3 is 0 Å². The van der Waals surface area contributed by atoms with Crippen molar-refractivity contribution >= 4 is 19.7 Å². The minimum absolute atomic E-state index is 0.130. The van der Waals surface area contributed by atoms with Gasteiger partial charge in [0.05, 0.1) is 0 Å². The Labute approximate surface area is 80.1 Å². The molecule has 1 aliphatic rings. The molecule has 0 aliphatic heterocycles. The van der Waals surface area contributed by atoms with Crippen LogP contribution in [-0.2, 0) is 9.05 Å². The predicted octanol–water partition coefficient (Wildman–Crippen LogP) is 0.849. The highest BCUT2D eigenvalue weighted by atomic mass is 35.7. The first-order valence-electron chi connectivity index (χ1n) is 3.86. The van der Waals surface area contributed by atoms with Gasteiger partial charge in [-0.2, -0.15) is 0 Å². The van der Waals surface area contributed by atoms with Crippen molar-refractivity contribution in [1.82, 2.24) is 14.8 Å². The number of aryl methyl sites for hydroxylation is 1. The fourth-order valence-electron chi connectivity index (χ4n) is 1.27. The van der Waals surface area contributed by atoms with Crippen molar-refractivity contribution in [3.05, 3.63) is 5.82 Å². The molecule has 13 heavy (non-hydrogen) atoms. The molecule has 0 amide bonds. The molecule has 0 spiro atoms. The van der Waals surface area contributed by atoms with E-state index in [0.717, 1.165) is 12.8 Å². The Balaban J connectivity index is 2.58. The van der Waals surface area contributed by atoms with Crippen molar-refractivity contribution in [3.63, 3.8) is 0 Å². The molecule has 5 nitrogen and oxygen atoms in total. The van der Waals surface area contributed by atoms with Gasteiger partial charge in [0.15, 0.2) is 0 Å². The standard InChI is InChI=1S/C6H8ClN3O2S/c1-4-8-9-6(13(7,11)12)10(4)5-2-3-5/h5H,2-3H2,1H3. The van der Waals surface area contributed by atoms with E-state index in [-0.39, 0.29) is 11.2 Å². The minimum Gasteiger partial charge on any atom is -0.298 e. The SMILES string of the molecule is Cc1nnc(S(=O)(=O)Cl)n1C1CC1. The molecular weight excluding hydrogens is 214 g/mol. The maximum absolute atomic E-state index is 11.0. The third-order valence-electron chi connectivity index (χ3n) is 1.97. The van der Waals surface area contributed by atoms with E-state index >= 15 is 0 Å². The monoisotopic (exact) mass is 221 g/mol. The zero-order valence-corrected chi connectivity index (χ0v) is 8.51. The van der Waals surface area contributed by atoms with E-state index in [1.807, 2.05) is 0 Å². The second-order valence-corrected chi connectivity index (χ2v) is 5.53. The van der Waals surface area contributed by atoms with E-state index in [2.05, 4.69) is 10.2 Å². The largest absolute Gasteiger partial charge is 0.298 e. The first-order chi connectivity index (χ1) is 6.00. The van der Waals surface area contributed by atoms with Gasteiger partial charge in [0.1, 0.15) is 5.82 Å². The Hall–Kier alpha value is -0.620. The van der Waals surface area contributed by atoms with Crippen LogP contribution in [0.25, 0.3) is 0 Å². The van der Waals surface area contributed by atoms with Crippen LogP contribution in [-0.4, -0.2) is 23.2 Å². The third kappa shape index (κ3) is 1.55. The molecule has 7 heteroatoms. The topological polar surface area (TPSA) is 64.8 Å². The second-order valence-electron chi connectivity index (χ2n) is 3.07. The Morgan fingerprint density at radius 2 is 2.08 bits per heavy atom. The summed E-state index contributed by atoms with van der Waals surface area (Å²) in [7, 11) is 1.44. The molecule has 1 aromatic rings. The van der Waals surface area contributed by atoms with Crippen molar-refractivity contribution in [2.45, 2.75) is 31.0 Å². The molecule has 1 fully saturated rings. The zero-order valence-electron chi connectivity index (χ0n) is 6.94. The van der Waals surface area contributed by atoms with Crippen molar-refractivity contribution in [2.24, 2.45) is 0 Å². The van der Waals surface area contributed by atoms with Gasteiger partial charge in [-0.3, -0.25) is 4.57 Å². The number of hydrogen-bond donors (Lipinski definition) is 0. The summed E-state index contributed by atoms with van der Waals surface area (Å²) in [5.74, 6) is 0.599. The molecule has 0 bridgehead atoms. The Morgan fingerprint density at radius 3 is 2.54 bits per heavy atom. The quantitative estimate of drug-likeness (QED) is 0.695. The van der Waals surface area contributed by atoms with Crippen LogP contribution in [0.5, 0.6) is 0 Å². The maximum atomic E-state index is 11.0. The highest BCUT2D eigenvalue weighted by molar-refractivity contribution is 8.13. The van der Waals surface area contributed by atoms with Crippen LogP contribution >= 0.6 is 10.7 Å². The normalized spacial score (nSPS) is 17.7. The molecule has 1 aliphatic carbocycles. The van der Waals surface area contributed by atoms with Crippen LogP contribution in [0.2, 0.25) is 0 Å². The summed E-state index contributed by atoms with van der Waals surface area (Å²) in [5.41, 5.74) is 0. The average molecular weight is 222 g/mol. The molecule has 0 radical (unpaired) electrons. The number of aromatic nitrogens is 3. The zero-order chi connectivity index (χ0) is 9.64. The van der Waals surface area contributed by atoms with E-state index < -0.39 is 9.05 Å². The smallest absolute Gasteiger partial charge is 0.296 e. The average Bonchev–Trinajstić information content (AvgIpc) is 2.73. The van der Waals surface area contributed by atoms with Crippen molar-refractivity contribution in [1.29, 1.82) is 0 Å². The van der Waals surface area contributed by atoms with E-state index in [4.69, 9.17) is 10.7 Å². The van der Waals surface area contributed by atoms with Gasteiger partial charge in [0.2, 0.25) is 0 Å². The first kappa shape index (κ1) is 8.96. The van der Waals surface area contributed by atoms with Crippen LogP contribution in [0.1, 0.15) is 24.7 Å². The lowest BCUT2D eigenvalue weighted by atomic mass is 10.6. The molecular formula is C6H8ClN3O2S. The van der Waals surface area contributed by atoms with Crippen LogP contribution < -0.4 is 0 Å². The molecule has 1 saturated carbocycles. The fraction of sp³-hybridized carbons (Fsp3) is 0.667. The molecule has 0 aromatic carbocycles. The number of hydrogen-bond acceptors (Lipinski definition) is 4. The van der Waals surface area contributed by atoms with Crippen molar-refractivity contribution in [3.8, 4) is 0 Å². The Kier molecular flexibility index (Phi) is 1.85. The molecule has 0 atom stereocenters. The van der Waals surface area contributed by atoms with Gasteiger partial charge in [-0.25, -0.2) is 8.42 Å². The number of rotatable bonds is 2. The van der Waals surface area contributed by atoms with Crippen LogP contribution in [0.4, 0.5) is 0 Å². The molecule has 1 aromatic heterocycles. The van der Waals surface area contributed by atoms with Gasteiger partial charge in [-0.15, -0.1) is 10.2 Å². The van der Waals surface area contributed by atoms with Crippen LogP contribution in [0, 0.1) is 6.92 Å². The minimum atomic E-state index is -3.76. The lowest BCUT2D eigenvalue weighted by Crippen LogP contribution is -2.05. The summed E-state index contributed by atoms with van der Waals surface area (Å²) in [4.78, 5) is 0. The summed E-state index contributed by atoms with van der Waals surface area (Å²) in [6, 6.07) is 0.221. The Bertz CT molecular complexity index is 435. The van der Waals surface area contributed by atoms with Gasteiger partial charge >= 0.3 is 0 Å². The highest BCUT2D eigenvalue weighted by Crippen LogP contribution is 2.37. The lowest BCUT2D eigenvalue weighted by molar-refractivity contribution is 0.573. The van der Waals surface area contributed by atoms with Crippen molar-refractivity contribution in [2.75, 3.05) is 0 Å².